The van der Waals surface area contributed by atoms with E-state index in [0.717, 1.165) is 29.7 Å². The highest BCUT2D eigenvalue weighted by Crippen LogP contribution is 2.31. The number of halogens is 3. The average Bonchev–Trinajstić information content (AvgIpc) is 3.01. The van der Waals surface area contributed by atoms with Crippen LogP contribution in [-0.2, 0) is 16.2 Å². The largest absolute Gasteiger partial charge is 0.416 e. The Balaban J connectivity index is 1.64. The Bertz CT molecular complexity index is 1300. The van der Waals surface area contributed by atoms with Gasteiger partial charge in [-0.25, -0.2) is 13.4 Å². The lowest BCUT2D eigenvalue weighted by molar-refractivity contribution is -0.137. The van der Waals surface area contributed by atoms with E-state index in [-0.39, 0.29) is 12.1 Å². The molecule has 8 nitrogen and oxygen atoms in total. The molecule has 2 unspecified atom stereocenters. The first-order chi connectivity index (χ1) is 16.9. The Hall–Kier alpha value is -3.51. The number of alkyl halides is 3. The third-order valence-corrected chi connectivity index (χ3v) is 6.20. The van der Waals surface area contributed by atoms with Gasteiger partial charge in [0.05, 0.1) is 23.7 Å². The van der Waals surface area contributed by atoms with Gasteiger partial charge in [0.15, 0.2) is 5.82 Å². The second kappa shape index (κ2) is 9.86. The number of hydrogen-bond donors (Lipinski definition) is 4. The van der Waals surface area contributed by atoms with E-state index in [4.69, 9.17) is 0 Å². The smallest absolute Gasteiger partial charge is 0.369 e. The number of allylic oxidation sites excluding steroid dienone is 1. The molecular weight excluding hydrogens is 493 g/mol. The molecule has 2 atom stereocenters. The van der Waals surface area contributed by atoms with E-state index >= 15 is 0 Å². The number of rotatable bonds is 6. The highest BCUT2D eigenvalue weighted by Gasteiger charge is 2.31. The lowest BCUT2D eigenvalue weighted by Gasteiger charge is -2.37. The molecule has 2 aliphatic rings. The number of benzene rings is 1. The first-order valence-electron chi connectivity index (χ1n) is 11.2. The van der Waals surface area contributed by atoms with Gasteiger partial charge in [0.1, 0.15) is 6.17 Å². The third-order valence-electron chi connectivity index (χ3n) is 5.61. The molecule has 0 spiro atoms. The topological polar surface area (TPSA) is 98.4 Å². The minimum absolute atomic E-state index is 0.113. The van der Waals surface area contributed by atoms with Crippen LogP contribution in [0.5, 0.6) is 0 Å². The van der Waals surface area contributed by atoms with Gasteiger partial charge in [0.2, 0.25) is 10.0 Å². The molecule has 0 saturated carbocycles. The fraction of sp³-hybridized carbons (Fsp3) is 0.292. The number of aromatic nitrogens is 1. The molecule has 0 amide bonds. The highest BCUT2D eigenvalue weighted by atomic mass is 32.2. The number of pyridine rings is 1. The predicted octanol–water partition coefficient (Wildman–Crippen LogP) is 4.19. The third kappa shape index (κ3) is 6.00. The van der Waals surface area contributed by atoms with Gasteiger partial charge >= 0.3 is 6.18 Å². The monoisotopic (exact) mass is 520 g/mol. The van der Waals surface area contributed by atoms with Crippen LogP contribution in [0.1, 0.15) is 19.4 Å². The van der Waals surface area contributed by atoms with Crippen LogP contribution in [-0.4, -0.2) is 32.0 Å². The van der Waals surface area contributed by atoms with E-state index < -0.39 is 27.9 Å². The van der Waals surface area contributed by atoms with Crippen LogP contribution in [0.4, 0.5) is 30.4 Å². The Kier molecular flexibility index (Phi) is 7.01. The normalized spacial score (nSPS) is 20.1. The van der Waals surface area contributed by atoms with Crippen molar-refractivity contribution < 1.29 is 21.6 Å². The summed E-state index contributed by atoms with van der Waals surface area (Å²) < 4.78 is 65.0. The summed E-state index contributed by atoms with van der Waals surface area (Å²) in [6.07, 6.45) is 4.90. The molecule has 1 aromatic carbocycles. The molecule has 192 valence electrons. The molecule has 0 bridgehead atoms. The summed E-state index contributed by atoms with van der Waals surface area (Å²) in [7, 11) is -3.52. The lowest BCUT2D eigenvalue weighted by Crippen LogP contribution is -2.57. The lowest BCUT2D eigenvalue weighted by atomic mass is 10.0. The van der Waals surface area contributed by atoms with Crippen molar-refractivity contribution in [1.82, 2.24) is 15.6 Å². The van der Waals surface area contributed by atoms with Gasteiger partial charge in [-0.15, -0.1) is 0 Å². The van der Waals surface area contributed by atoms with Crippen molar-refractivity contribution in [3.63, 3.8) is 0 Å². The molecule has 0 fully saturated rings. The van der Waals surface area contributed by atoms with Crippen molar-refractivity contribution in [2.45, 2.75) is 32.4 Å². The number of sulfonamides is 1. The molecule has 0 radical (unpaired) electrons. The van der Waals surface area contributed by atoms with Crippen LogP contribution in [0.3, 0.4) is 0 Å². The van der Waals surface area contributed by atoms with E-state index in [0.29, 0.717) is 17.2 Å². The van der Waals surface area contributed by atoms with Crippen molar-refractivity contribution in [3.8, 4) is 0 Å². The fourth-order valence-corrected chi connectivity index (χ4v) is 4.40. The van der Waals surface area contributed by atoms with Gasteiger partial charge in [-0.2, -0.15) is 13.2 Å². The van der Waals surface area contributed by atoms with E-state index in [1.165, 1.54) is 12.1 Å². The second-order valence-electron chi connectivity index (χ2n) is 8.84. The summed E-state index contributed by atoms with van der Waals surface area (Å²) in [6, 6.07) is 8.13. The number of hydrogen-bond acceptors (Lipinski definition) is 7. The second-order valence-corrected chi connectivity index (χ2v) is 10.6. The van der Waals surface area contributed by atoms with Crippen LogP contribution < -0.4 is 25.6 Å². The van der Waals surface area contributed by atoms with Crippen LogP contribution in [0.15, 0.2) is 78.4 Å². The first-order valence-corrected chi connectivity index (χ1v) is 13.1. The van der Waals surface area contributed by atoms with Gasteiger partial charge < -0.3 is 15.5 Å². The fourth-order valence-electron chi connectivity index (χ4n) is 3.84. The maximum absolute atomic E-state index is 13.0. The minimum atomic E-state index is -4.40. The van der Waals surface area contributed by atoms with E-state index in [9.17, 15) is 21.6 Å². The van der Waals surface area contributed by atoms with Crippen molar-refractivity contribution in [2.75, 3.05) is 21.2 Å². The van der Waals surface area contributed by atoms with Crippen molar-refractivity contribution in [3.05, 3.63) is 84.0 Å². The van der Waals surface area contributed by atoms with Crippen LogP contribution >= 0.6 is 0 Å². The Morgan fingerprint density at radius 3 is 2.42 bits per heavy atom. The number of anilines is 3. The average molecular weight is 521 g/mol. The minimum Gasteiger partial charge on any atom is -0.369 e. The van der Waals surface area contributed by atoms with Gasteiger partial charge in [0, 0.05) is 35.6 Å². The summed E-state index contributed by atoms with van der Waals surface area (Å²) in [5.41, 5.74) is 1.76. The SMILES string of the molecule is CC(C)C1NC2=C(C=CN(c3ncccc3NS(C)(=O)=O)C=C2)C(Nc2ccc(C(F)(F)F)cc2)N1. The quantitative estimate of drug-likeness (QED) is 0.454. The Labute approximate surface area is 208 Å². The molecule has 4 N–H and O–H groups in total. The van der Waals surface area contributed by atoms with E-state index in [1.807, 2.05) is 26.0 Å². The van der Waals surface area contributed by atoms with E-state index in [2.05, 4.69) is 25.7 Å². The molecule has 0 saturated heterocycles. The molecule has 2 aliphatic heterocycles. The van der Waals surface area contributed by atoms with Gasteiger partial charge in [-0.3, -0.25) is 10.0 Å². The Morgan fingerprint density at radius 1 is 1.08 bits per heavy atom. The zero-order valence-electron chi connectivity index (χ0n) is 19.8. The molecular formula is C24H27F3N6O2S. The summed E-state index contributed by atoms with van der Waals surface area (Å²) in [6.45, 7) is 4.09. The number of nitrogens with zero attached hydrogens (tertiary/aromatic N) is 2. The Morgan fingerprint density at radius 2 is 1.78 bits per heavy atom. The summed E-state index contributed by atoms with van der Waals surface area (Å²) in [5.74, 6) is 0.588. The molecule has 4 rings (SSSR count). The van der Waals surface area contributed by atoms with Crippen LogP contribution in [0.2, 0.25) is 0 Å². The standard InChI is InChI=1S/C24H27F3N6O2S/c1-15(2)21-30-19-11-14-33(23-20(5-4-12-28-23)32-36(3,34)35)13-10-18(19)22(31-21)29-17-8-6-16(7-9-17)24(25,26)27/h4-15,21-22,29-32H,1-3H3. The van der Waals surface area contributed by atoms with E-state index in [1.54, 1.807) is 35.6 Å². The zero-order valence-corrected chi connectivity index (χ0v) is 20.7. The highest BCUT2D eigenvalue weighted by molar-refractivity contribution is 7.92. The van der Waals surface area contributed by atoms with Crippen molar-refractivity contribution >= 4 is 27.2 Å². The maximum Gasteiger partial charge on any atom is 0.416 e. The summed E-state index contributed by atoms with van der Waals surface area (Å²) in [5, 5.41) is 10.2. The first kappa shape index (κ1) is 25.6. The summed E-state index contributed by atoms with van der Waals surface area (Å²) in [4.78, 5) is 6.03. The van der Waals surface area contributed by atoms with Crippen molar-refractivity contribution in [1.29, 1.82) is 0 Å². The molecule has 3 heterocycles. The van der Waals surface area contributed by atoms with Crippen LogP contribution in [0, 0.1) is 5.92 Å². The van der Waals surface area contributed by atoms with Crippen molar-refractivity contribution in [2.24, 2.45) is 5.92 Å². The molecule has 2 aromatic rings. The number of nitrogens with one attached hydrogen (secondary N) is 4. The molecule has 36 heavy (non-hydrogen) atoms. The van der Waals surface area contributed by atoms with Crippen LogP contribution in [0.25, 0.3) is 0 Å². The van der Waals surface area contributed by atoms with Gasteiger partial charge in [0.25, 0.3) is 0 Å². The molecule has 0 aliphatic carbocycles. The predicted molar refractivity (Wildman–Crippen MR) is 134 cm³/mol. The zero-order chi connectivity index (χ0) is 26.1. The maximum atomic E-state index is 13.0. The molecule has 1 aromatic heterocycles. The van der Waals surface area contributed by atoms with Gasteiger partial charge in [-0.1, -0.05) is 13.8 Å². The summed E-state index contributed by atoms with van der Waals surface area (Å²) >= 11 is 0. The van der Waals surface area contributed by atoms with Gasteiger partial charge in [-0.05, 0) is 54.5 Å². The molecule has 12 heteroatoms.